The van der Waals surface area contributed by atoms with Gasteiger partial charge in [0.1, 0.15) is 11.4 Å². The number of halogens is 4. The van der Waals surface area contributed by atoms with Gasteiger partial charge in [0, 0.05) is 16.9 Å². The Labute approximate surface area is 157 Å². The average molecular weight is 431 g/mol. The van der Waals surface area contributed by atoms with Gasteiger partial charge in [-0.05, 0) is 31.5 Å². The monoisotopic (exact) mass is 430 g/mol. The minimum absolute atomic E-state index is 0.0876. The molecule has 140 valence electrons. The molecule has 9 heteroatoms. The van der Waals surface area contributed by atoms with Crippen molar-refractivity contribution in [2.75, 3.05) is 5.32 Å². The number of anilines is 1. The molecule has 26 heavy (non-hydrogen) atoms. The molecule has 0 saturated carbocycles. The molecule has 5 nitrogen and oxygen atoms in total. The zero-order valence-corrected chi connectivity index (χ0v) is 15.7. The second-order valence-electron chi connectivity index (χ2n) is 6.52. The van der Waals surface area contributed by atoms with Crippen LogP contribution in [0.25, 0.3) is 0 Å². The van der Waals surface area contributed by atoms with E-state index >= 15 is 0 Å². The van der Waals surface area contributed by atoms with Crippen molar-refractivity contribution in [3.63, 3.8) is 0 Å². The number of benzene rings is 1. The van der Waals surface area contributed by atoms with Crippen LogP contribution in [0.2, 0.25) is 0 Å². The fraction of sp³-hybridized carbons (Fsp3) is 0.412. The van der Waals surface area contributed by atoms with E-state index in [4.69, 9.17) is 0 Å². The van der Waals surface area contributed by atoms with E-state index in [1.165, 1.54) is 6.20 Å². The summed E-state index contributed by atoms with van der Waals surface area (Å²) >= 11 is 3.32. The summed E-state index contributed by atoms with van der Waals surface area (Å²) in [5.41, 5.74) is 0.819. The maximum atomic E-state index is 13.6. The molecule has 2 heterocycles. The van der Waals surface area contributed by atoms with E-state index in [2.05, 4.69) is 31.7 Å². The van der Waals surface area contributed by atoms with E-state index in [1.807, 2.05) is 0 Å². The molecule has 1 aromatic carbocycles. The molecular weight excluding hydrogens is 413 g/mol. The molecule has 1 aliphatic rings. The highest BCUT2D eigenvalue weighted by molar-refractivity contribution is 9.10. The van der Waals surface area contributed by atoms with Crippen LogP contribution in [0.3, 0.4) is 0 Å². The number of nitrogens with one attached hydrogen (secondary N) is 2. The lowest BCUT2D eigenvalue weighted by Crippen LogP contribution is -2.37. The maximum Gasteiger partial charge on any atom is 0.410 e. The number of alkyl halides is 3. The predicted molar refractivity (Wildman–Crippen MR) is 95.0 cm³/mol. The molecule has 1 aliphatic heterocycles. The number of aromatic nitrogens is 2. The summed E-state index contributed by atoms with van der Waals surface area (Å²) in [6.07, 6.45) is -3.49. The van der Waals surface area contributed by atoms with E-state index < -0.39 is 24.2 Å². The summed E-state index contributed by atoms with van der Waals surface area (Å²) in [4.78, 5) is 12.3. The first-order chi connectivity index (χ1) is 12.2. The summed E-state index contributed by atoms with van der Waals surface area (Å²) < 4.78 is 42.5. The zero-order chi connectivity index (χ0) is 19.1. The molecule has 0 unspecified atom stereocenters. The molecule has 0 radical (unpaired) electrons. The van der Waals surface area contributed by atoms with Crippen LogP contribution in [0, 0.1) is 0 Å². The van der Waals surface area contributed by atoms with Crippen LogP contribution in [0.1, 0.15) is 48.3 Å². The third kappa shape index (κ3) is 3.72. The Balaban J connectivity index is 2.01. The standard InChI is InChI=1S/C17H18BrF3N4O/c1-9(2)23-16(26)12-8-22-25-14(17(19,20)21)7-13(24-15(12)25)10-3-5-11(18)6-4-10/h3-6,8-9,13-14,24H,7H2,1-2H3,(H,23,26)/t13-,14-/m1/s1. The van der Waals surface area contributed by atoms with Gasteiger partial charge >= 0.3 is 6.18 Å². The second-order valence-corrected chi connectivity index (χ2v) is 7.44. The normalized spacial score (nSPS) is 19.8. The van der Waals surface area contributed by atoms with Crippen molar-refractivity contribution >= 4 is 27.7 Å². The Hall–Kier alpha value is -2.03. The number of nitrogens with zero attached hydrogens (tertiary/aromatic N) is 2. The lowest BCUT2D eigenvalue weighted by Gasteiger charge is -2.34. The van der Waals surface area contributed by atoms with Gasteiger partial charge in [-0.15, -0.1) is 0 Å². The quantitative estimate of drug-likeness (QED) is 0.756. The van der Waals surface area contributed by atoms with Gasteiger partial charge in [-0.25, -0.2) is 4.68 Å². The molecule has 2 N–H and O–H groups in total. The number of fused-ring (bicyclic) bond motifs is 1. The summed E-state index contributed by atoms with van der Waals surface area (Å²) in [6, 6.07) is 4.56. The highest BCUT2D eigenvalue weighted by atomic mass is 79.9. The lowest BCUT2D eigenvalue weighted by atomic mass is 9.96. The highest BCUT2D eigenvalue weighted by Crippen LogP contribution is 2.44. The van der Waals surface area contributed by atoms with Crippen LogP contribution in [0.5, 0.6) is 0 Å². The van der Waals surface area contributed by atoms with Gasteiger partial charge in [-0.1, -0.05) is 28.1 Å². The first-order valence-corrected chi connectivity index (χ1v) is 8.93. The number of amides is 1. The second kappa shape index (κ2) is 6.94. The molecule has 0 aliphatic carbocycles. The van der Waals surface area contributed by atoms with E-state index in [0.717, 1.165) is 9.15 Å². The fourth-order valence-corrected chi connectivity index (χ4v) is 3.25. The lowest BCUT2D eigenvalue weighted by molar-refractivity contribution is -0.173. The summed E-state index contributed by atoms with van der Waals surface area (Å²) in [5.74, 6) is -0.365. The van der Waals surface area contributed by atoms with Crippen LogP contribution in [0.15, 0.2) is 34.9 Å². The van der Waals surface area contributed by atoms with E-state index in [0.29, 0.717) is 5.56 Å². The first kappa shape index (κ1) is 18.8. The van der Waals surface area contributed by atoms with Crippen molar-refractivity contribution in [1.82, 2.24) is 15.1 Å². The molecule has 2 aromatic rings. The molecule has 0 spiro atoms. The molecule has 3 rings (SSSR count). The van der Waals surface area contributed by atoms with Crippen molar-refractivity contribution in [1.29, 1.82) is 0 Å². The maximum absolute atomic E-state index is 13.6. The number of carbonyl (C=O) groups is 1. The fourth-order valence-electron chi connectivity index (χ4n) is 2.98. The van der Waals surface area contributed by atoms with Crippen LogP contribution in [0.4, 0.5) is 19.0 Å². The Bertz CT molecular complexity index is 801. The van der Waals surface area contributed by atoms with Gasteiger partial charge in [0.05, 0.1) is 12.2 Å². The van der Waals surface area contributed by atoms with Crippen molar-refractivity contribution < 1.29 is 18.0 Å². The van der Waals surface area contributed by atoms with Gasteiger partial charge in [0.2, 0.25) is 0 Å². The summed E-state index contributed by atoms with van der Waals surface area (Å²) in [6.45, 7) is 3.56. The van der Waals surface area contributed by atoms with Gasteiger partial charge in [0.15, 0.2) is 6.04 Å². The van der Waals surface area contributed by atoms with Crippen molar-refractivity contribution in [2.24, 2.45) is 0 Å². The molecule has 0 fully saturated rings. The zero-order valence-electron chi connectivity index (χ0n) is 14.1. The van der Waals surface area contributed by atoms with E-state index in [1.54, 1.807) is 38.1 Å². The third-order valence-corrected chi connectivity index (χ3v) is 4.70. The topological polar surface area (TPSA) is 59.0 Å². The van der Waals surface area contributed by atoms with Gasteiger partial charge in [-0.3, -0.25) is 4.79 Å². The van der Waals surface area contributed by atoms with Gasteiger partial charge in [-0.2, -0.15) is 18.3 Å². The van der Waals surface area contributed by atoms with E-state index in [-0.39, 0.29) is 23.8 Å². The van der Waals surface area contributed by atoms with Gasteiger partial charge in [0.25, 0.3) is 5.91 Å². The van der Waals surface area contributed by atoms with Crippen molar-refractivity contribution in [2.45, 2.75) is 44.6 Å². The molecule has 1 amide bonds. The average Bonchev–Trinajstić information content (AvgIpc) is 2.97. The smallest absolute Gasteiger partial charge is 0.363 e. The third-order valence-electron chi connectivity index (χ3n) is 4.18. The van der Waals surface area contributed by atoms with Crippen LogP contribution in [-0.4, -0.2) is 27.9 Å². The van der Waals surface area contributed by atoms with Crippen molar-refractivity contribution in [3.8, 4) is 0 Å². The van der Waals surface area contributed by atoms with Crippen LogP contribution in [-0.2, 0) is 0 Å². The number of carbonyl (C=O) groups excluding carboxylic acids is 1. The summed E-state index contributed by atoms with van der Waals surface area (Å²) in [5, 5.41) is 9.59. The molecule has 0 saturated heterocycles. The summed E-state index contributed by atoms with van der Waals surface area (Å²) in [7, 11) is 0. The highest BCUT2D eigenvalue weighted by Gasteiger charge is 2.47. The number of rotatable bonds is 3. The molecule has 2 atom stereocenters. The first-order valence-electron chi connectivity index (χ1n) is 8.14. The number of hydrogen-bond donors (Lipinski definition) is 2. The molecule has 1 aromatic heterocycles. The van der Waals surface area contributed by atoms with Crippen molar-refractivity contribution in [3.05, 3.63) is 46.1 Å². The predicted octanol–water partition coefficient (Wildman–Crippen LogP) is 4.44. The van der Waals surface area contributed by atoms with Crippen LogP contribution < -0.4 is 10.6 Å². The Morgan fingerprint density at radius 1 is 1.35 bits per heavy atom. The van der Waals surface area contributed by atoms with Gasteiger partial charge < -0.3 is 10.6 Å². The molecule has 0 bridgehead atoms. The molecular formula is C17H18BrF3N4O. The Morgan fingerprint density at radius 2 is 2.00 bits per heavy atom. The minimum atomic E-state index is -4.47. The Kier molecular flexibility index (Phi) is 5.01. The van der Waals surface area contributed by atoms with Crippen LogP contribution >= 0.6 is 15.9 Å². The number of hydrogen-bond acceptors (Lipinski definition) is 3. The van der Waals surface area contributed by atoms with E-state index in [9.17, 15) is 18.0 Å². The largest absolute Gasteiger partial charge is 0.410 e. The Morgan fingerprint density at radius 3 is 2.58 bits per heavy atom. The minimum Gasteiger partial charge on any atom is -0.363 e. The SMILES string of the molecule is CC(C)NC(=O)c1cnn2c1N[C@@H](c1ccc(Br)cc1)C[C@@H]2C(F)(F)F.